The number of nitrogens with one attached hydrogen (secondary N) is 1. The van der Waals surface area contributed by atoms with E-state index < -0.39 is 18.1 Å². The maximum atomic E-state index is 12.0. The smallest absolute Gasteiger partial charge is 0.407 e. The van der Waals surface area contributed by atoms with E-state index >= 15 is 0 Å². The number of halogens is 2. The standard InChI is InChI=1S/C17H15BrClNO4/c18-13-8-12(6-7-14(13)19)15(9-16(21)22)20-17(23)24-10-11-4-2-1-3-5-11/h1-8,15H,9-10H2,(H,20,23)(H,21,22). The van der Waals surface area contributed by atoms with Crippen LogP contribution in [0.5, 0.6) is 0 Å². The van der Waals surface area contributed by atoms with Gasteiger partial charge in [0.25, 0.3) is 0 Å². The Balaban J connectivity index is 2.03. The Labute approximate surface area is 152 Å². The molecule has 2 aromatic rings. The van der Waals surface area contributed by atoms with E-state index in [1.54, 1.807) is 18.2 Å². The predicted molar refractivity (Wildman–Crippen MR) is 93.9 cm³/mol. The first-order valence-electron chi connectivity index (χ1n) is 7.09. The lowest BCUT2D eigenvalue weighted by Gasteiger charge is -2.18. The van der Waals surface area contributed by atoms with Gasteiger partial charge in [0.15, 0.2) is 0 Å². The van der Waals surface area contributed by atoms with Crippen LogP contribution in [-0.2, 0) is 16.1 Å². The highest BCUT2D eigenvalue weighted by molar-refractivity contribution is 9.10. The summed E-state index contributed by atoms with van der Waals surface area (Å²) in [5.41, 5.74) is 1.46. The predicted octanol–water partition coefficient (Wildman–Crippen LogP) is 4.54. The highest BCUT2D eigenvalue weighted by Crippen LogP contribution is 2.27. The van der Waals surface area contributed by atoms with E-state index in [2.05, 4.69) is 21.2 Å². The zero-order chi connectivity index (χ0) is 17.5. The number of aliphatic carboxylic acids is 1. The molecule has 0 bridgehead atoms. The van der Waals surface area contributed by atoms with E-state index in [4.69, 9.17) is 21.4 Å². The van der Waals surface area contributed by atoms with Crippen molar-refractivity contribution in [3.63, 3.8) is 0 Å². The minimum Gasteiger partial charge on any atom is -0.481 e. The molecule has 126 valence electrons. The lowest BCUT2D eigenvalue weighted by atomic mass is 10.0. The van der Waals surface area contributed by atoms with Gasteiger partial charge in [-0.1, -0.05) is 48.0 Å². The van der Waals surface area contributed by atoms with Gasteiger partial charge in [0.2, 0.25) is 0 Å². The van der Waals surface area contributed by atoms with Crippen molar-refractivity contribution in [2.45, 2.75) is 19.1 Å². The Morgan fingerprint density at radius 3 is 2.54 bits per heavy atom. The maximum Gasteiger partial charge on any atom is 0.407 e. The zero-order valence-corrected chi connectivity index (χ0v) is 14.9. The third-order valence-corrected chi connectivity index (χ3v) is 4.44. The molecule has 0 saturated carbocycles. The number of carbonyl (C=O) groups is 2. The van der Waals surface area contributed by atoms with E-state index in [1.165, 1.54) is 0 Å². The monoisotopic (exact) mass is 411 g/mol. The van der Waals surface area contributed by atoms with Crippen molar-refractivity contribution in [1.29, 1.82) is 0 Å². The first-order chi connectivity index (χ1) is 11.5. The molecule has 0 radical (unpaired) electrons. The highest BCUT2D eigenvalue weighted by Gasteiger charge is 2.19. The van der Waals surface area contributed by atoms with Gasteiger partial charge >= 0.3 is 12.1 Å². The number of ether oxygens (including phenoxy) is 1. The summed E-state index contributed by atoms with van der Waals surface area (Å²) in [4.78, 5) is 23.0. The second kappa shape index (κ2) is 8.70. The Morgan fingerprint density at radius 1 is 1.21 bits per heavy atom. The van der Waals surface area contributed by atoms with Crippen molar-refractivity contribution in [1.82, 2.24) is 5.32 Å². The van der Waals surface area contributed by atoms with Gasteiger partial charge in [-0.15, -0.1) is 0 Å². The van der Waals surface area contributed by atoms with Gasteiger partial charge in [0.1, 0.15) is 6.61 Å². The average Bonchev–Trinajstić information content (AvgIpc) is 2.55. The quantitative estimate of drug-likeness (QED) is 0.730. The van der Waals surface area contributed by atoms with Crippen LogP contribution in [0, 0.1) is 0 Å². The molecular formula is C17H15BrClNO4. The lowest BCUT2D eigenvalue weighted by Crippen LogP contribution is -2.30. The van der Waals surface area contributed by atoms with Gasteiger partial charge in [0, 0.05) is 4.47 Å². The third-order valence-electron chi connectivity index (χ3n) is 3.23. The van der Waals surface area contributed by atoms with E-state index in [9.17, 15) is 9.59 Å². The number of hydrogen-bond acceptors (Lipinski definition) is 3. The summed E-state index contributed by atoms with van der Waals surface area (Å²) in [6.07, 6.45) is -0.953. The van der Waals surface area contributed by atoms with Crippen molar-refractivity contribution in [2.24, 2.45) is 0 Å². The average molecular weight is 413 g/mol. The van der Waals surface area contributed by atoms with Crippen LogP contribution in [0.3, 0.4) is 0 Å². The number of carbonyl (C=O) groups excluding carboxylic acids is 1. The number of carboxylic acids is 1. The van der Waals surface area contributed by atoms with Gasteiger partial charge in [-0.3, -0.25) is 4.79 Å². The molecule has 5 nitrogen and oxygen atoms in total. The molecule has 1 atom stereocenters. The lowest BCUT2D eigenvalue weighted by molar-refractivity contribution is -0.137. The molecule has 2 N–H and O–H groups in total. The van der Waals surface area contributed by atoms with Crippen LogP contribution >= 0.6 is 27.5 Å². The summed E-state index contributed by atoms with van der Waals surface area (Å²) < 4.78 is 5.76. The fourth-order valence-corrected chi connectivity index (χ4v) is 2.58. The van der Waals surface area contributed by atoms with Gasteiger partial charge in [-0.05, 0) is 39.2 Å². The molecule has 24 heavy (non-hydrogen) atoms. The van der Waals surface area contributed by atoms with Crippen molar-refractivity contribution >= 4 is 39.6 Å². The summed E-state index contributed by atoms with van der Waals surface area (Å²) in [6, 6.07) is 13.5. The Bertz CT molecular complexity index is 724. The number of alkyl carbamates (subject to hydrolysis) is 1. The SMILES string of the molecule is O=C(O)CC(NC(=O)OCc1ccccc1)c1ccc(Cl)c(Br)c1. The third kappa shape index (κ3) is 5.54. The fraction of sp³-hybridized carbons (Fsp3) is 0.176. The molecule has 0 saturated heterocycles. The molecule has 0 fully saturated rings. The van der Waals surface area contributed by atoms with Crippen molar-refractivity contribution in [3.8, 4) is 0 Å². The normalized spacial score (nSPS) is 11.6. The minimum absolute atomic E-state index is 0.108. The molecule has 0 aromatic heterocycles. The van der Waals surface area contributed by atoms with Crippen molar-refractivity contribution in [2.75, 3.05) is 0 Å². The van der Waals surface area contributed by atoms with Crippen LogP contribution in [0.15, 0.2) is 53.0 Å². The zero-order valence-electron chi connectivity index (χ0n) is 12.5. The molecule has 1 amide bonds. The number of hydrogen-bond donors (Lipinski definition) is 2. The highest BCUT2D eigenvalue weighted by atomic mass is 79.9. The Hall–Kier alpha value is -2.05. The number of rotatable bonds is 6. The molecule has 2 aromatic carbocycles. The summed E-state index contributed by atoms with van der Waals surface area (Å²) in [6.45, 7) is 0.108. The summed E-state index contributed by atoms with van der Waals surface area (Å²) in [5.74, 6) is -1.03. The number of amides is 1. The van der Waals surface area contributed by atoms with Gasteiger partial charge < -0.3 is 15.2 Å². The summed E-state index contributed by atoms with van der Waals surface area (Å²) >= 11 is 9.22. The first kappa shape index (κ1) is 18.3. The molecule has 2 rings (SSSR count). The number of carboxylic acid groups (broad SMARTS) is 1. The van der Waals surface area contributed by atoms with Crippen LogP contribution in [0.1, 0.15) is 23.6 Å². The molecular weight excluding hydrogens is 398 g/mol. The second-order valence-electron chi connectivity index (χ2n) is 5.03. The second-order valence-corrected chi connectivity index (χ2v) is 6.29. The van der Waals surface area contributed by atoms with E-state index in [0.717, 1.165) is 5.56 Å². The van der Waals surface area contributed by atoms with Crippen LogP contribution in [0.25, 0.3) is 0 Å². The van der Waals surface area contributed by atoms with Crippen molar-refractivity contribution in [3.05, 3.63) is 69.2 Å². The minimum atomic E-state index is -1.03. The topological polar surface area (TPSA) is 75.6 Å². The van der Waals surface area contributed by atoms with Gasteiger partial charge in [0.05, 0.1) is 17.5 Å². The van der Waals surface area contributed by atoms with Crippen LogP contribution in [0.2, 0.25) is 5.02 Å². The summed E-state index contributed by atoms with van der Waals surface area (Å²) in [5, 5.41) is 12.1. The molecule has 1 unspecified atom stereocenters. The van der Waals surface area contributed by atoms with E-state index in [0.29, 0.717) is 15.1 Å². The van der Waals surface area contributed by atoms with Gasteiger partial charge in [-0.25, -0.2) is 4.79 Å². The van der Waals surface area contributed by atoms with Crippen molar-refractivity contribution < 1.29 is 19.4 Å². The number of benzene rings is 2. The largest absolute Gasteiger partial charge is 0.481 e. The molecule has 7 heteroatoms. The first-order valence-corrected chi connectivity index (χ1v) is 8.27. The molecule has 0 aliphatic carbocycles. The van der Waals surface area contributed by atoms with Crippen LogP contribution < -0.4 is 5.32 Å². The summed E-state index contributed by atoms with van der Waals surface area (Å²) in [7, 11) is 0. The molecule has 0 aliphatic heterocycles. The van der Waals surface area contributed by atoms with E-state index in [-0.39, 0.29) is 13.0 Å². The Kier molecular flexibility index (Phi) is 6.63. The van der Waals surface area contributed by atoms with Gasteiger partial charge in [-0.2, -0.15) is 0 Å². The molecule has 0 spiro atoms. The molecule has 0 aliphatic rings. The van der Waals surface area contributed by atoms with E-state index in [1.807, 2.05) is 30.3 Å². The van der Waals surface area contributed by atoms with Crippen LogP contribution in [-0.4, -0.2) is 17.2 Å². The Morgan fingerprint density at radius 2 is 1.92 bits per heavy atom. The maximum absolute atomic E-state index is 12.0. The molecule has 0 heterocycles. The van der Waals surface area contributed by atoms with Crippen LogP contribution in [0.4, 0.5) is 4.79 Å². The fourth-order valence-electron chi connectivity index (χ4n) is 2.06.